The zero-order valence-electron chi connectivity index (χ0n) is 16.8. The summed E-state index contributed by atoms with van der Waals surface area (Å²) >= 11 is 6.73. The zero-order valence-corrected chi connectivity index (χ0v) is 18.4. The third kappa shape index (κ3) is 5.53. The Labute approximate surface area is 199 Å². The fourth-order valence-corrected chi connectivity index (χ4v) is 3.91. The predicted octanol–water partition coefficient (Wildman–Crippen LogP) is 6.83. The highest BCUT2D eigenvalue weighted by Gasteiger charge is 2.41. The molecule has 15 heteroatoms. The van der Waals surface area contributed by atoms with Gasteiger partial charge in [0.2, 0.25) is 0 Å². The van der Waals surface area contributed by atoms with E-state index < -0.39 is 58.0 Å². The van der Waals surface area contributed by atoms with Crippen LogP contribution in [0, 0.1) is 0 Å². The first-order valence-electron chi connectivity index (χ1n) is 9.13. The first kappa shape index (κ1) is 26.7. The molecule has 0 unspecified atom stereocenters. The van der Waals surface area contributed by atoms with Gasteiger partial charge in [0.15, 0.2) is 5.69 Å². The summed E-state index contributed by atoms with van der Waals surface area (Å²) in [5.74, 6) is -1.20. The number of nitrogens with two attached hydrogens (primary N) is 1. The van der Waals surface area contributed by atoms with Crippen LogP contribution in [-0.2, 0) is 18.5 Å². The van der Waals surface area contributed by atoms with E-state index in [1.54, 1.807) is 0 Å². The number of aromatic nitrogens is 2. The van der Waals surface area contributed by atoms with Gasteiger partial charge >= 0.3 is 18.5 Å². The second-order valence-electron chi connectivity index (χ2n) is 6.84. The molecule has 2 N–H and O–H groups in total. The number of nitrogen functional groups attached to an aromatic ring is 1. The summed E-state index contributed by atoms with van der Waals surface area (Å²) in [6.07, 6.45) is -16.0. The normalized spacial score (nSPS) is 12.7. The van der Waals surface area contributed by atoms with Crippen LogP contribution in [0.3, 0.4) is 0 Å². The van der Waals surface area contributed by atoms with Gasteiger partial charge in [-0.15, -0.1) is 23.4 Å². The Hall–Kier alpha value is -2.87. The van der Waals surface area contributed by atoms with Gasteiger partial charge in [-0.2, -0.15) is 39.5 Å². The number of hydrogen-bond donors (Lipinski definition) is 1. The maximum Gasteiger partial charge on any atom is 0.435 e. The lowest BCUT2D eigenvalue weighted by Crippen LogP contribution is -2.30. The molecule has 0 amide bonds. The molecule has 0 saturated heterocycles. The van der Waals surface area contributed by atoms with Gasteiger partial charge in [-0.1, -0.05) is 6.07 Å². The van der Waals surface area contributed by atoms with E-state index in [9.17, 15) is 44.3 Å². The van der Waals surface area contributed by atoms with E-state index in [0.717, 1.165) is 11.8 Å². The monoisotopic (exact) mass is 547 g/mol. The van der Waals surface area contributed by atoms with Gasteiger partial charge in [-0.05, 0) is 36.4 Å². The topological polar surface area (TPSA) is 60.9 Å². The Morgan fingerprint density at radius 3 is 1.97 bits per heavy atom. The fraction of sp³-hybridized carbons (Fsp3) is 0.200. The van der Waals surface area contributed by atoms with Crippen molar-refractivity contribution < 1.29 is 39.5 Å². The number of nitrogens with zero attached hydrogens (tertiary/aromatic N) is 2. The van der Waals surface area contributed by atoms with E-state index in [4.69, 9.17) is 17.3 Å². The number of hydrogen-bond acceptors (Lipinski definition) is 4. The third-order valence-electron chi connectivity index (χ3n) is 4.60. The van der Waals surface area contributed by atoms with Crippen LogP contribution < -0.4 is 11.3 Å². The lowest BCUT2D eigenvalue weighted by Gasteiger charge is -2.20. The summed E-state index contributed by atoms with van der Waals surface area (Å²) in [5, 5.41) is 0.125. The maximum atomic E-state index is 13.7. The van der Waals surface area contributed by atoms with E-state index in [-0.39, 0.29) is 23.0 Å². The van der Waals surface area contributed by atoms with Gasteiger partial charge in [0, 0.05) is 10.5 Å². The molecule has 3 rings (SSSR count). The molecule has 0 radical (unpaired) electrons. The number of halogens is 10. The fourth-order valence-electron chi connectivity index (χ4n) is 3.07. The van der Waals surface area contributed by atoms with Crippen LogP contribution in [0.5, 0.6) is 0 Å². The first-order chi connectivity index (χ1) is 16.1. The Morgan fingerprint density at radius 1 is 0.886 bits per heavy atom. The van der Waals surface area contributed by atoms with Gasteiger partial charge in [-0.25, -0.2) is 4.98 Å². The van der Waals surface area contributed by atoms with E-state index in [0.29, 0.717) is 15.5 Å². The molecule has 2 aromatic carbocycles. The first-order valence-corrected chi connectivity index (χ1v) is 10.7. The van der Waals surface area contributed by atoms with Gasteiger partial charge in [0.1, 0.15) is 11.5 Å². The molecule has 0 aliphatic carbocycles. The molecule has 0 aliphatic rings. The van der Waals surface area contributed by atoms with E-state index in [1.807, 2.05) is 0 Å². The average molecular weight is 548 g/mol. The minimum Gasteiger partial charge on any atom is -0.392 e. The summed E-state index contributed by atoms with van der Waals surface area (Å²) < 4.78 is 121. The molecular formula is C20H11ClF9N3OS. The minimum atomic E-state index is -5.44. The molecule has 0 bridgehead atoms. The summed E-state index contributed by atoms with van der Waals surface area (Å²) in [5.41, 5.74) is -4.67. The molecule has 35 heavy (non-hydrogen) atoms. The van der Waals surface area contributed by atoms with E-state index in [1.165, 1.54) is 24.3 Å². The van der Waals surface area contributed by atoms with Crippen LogP contribution in [0.25, 0.3) is 17.1 Å². The van der Waals surface area contributed by atoms with Crippen LogP contribution in [0.1, 0.15) is 16.8 Å². The smallest absolute Gasteiger partial charge is 0.392 e. The van der Waals surface area contributed by atoms with Crippen molar-refractivity contribution in [2.45, 2.75) is 23.4 Å². The summed E-state index contributed by atoms with van der Waals surface area (Å²) in [6, 6.07) is 5.41. The van der Waals surface area contributed by atoms with Crippen LogP contribution in [0.15, 0.2) is 52.2 Å². The molecule has 0 spiro atoms. The SMILES string of the molecule is Nc1c(C(F)(F)F)nc(-c2ccc(C(F)(F)F)cc2C(F)(F)F)n(-c2ccc(SCCl)cc2)c1=O. The van der Waals surface area contributed by atoms with Crippen LogP contribution in [0.4, 0.5) is 45.2 Å². The van der Waals surface area contributed by atoms with Crippen molar-refractivity contribution in [2.75, 3.05) is 10.9 Å². The predicted molar refractivity (Wildman–Crippen MR) is 111 cm³/mol. The van der Waals surface area contributed by atoms with Crippen molar-refractivity contribution in [3.05, 3.63) is 69.6 Å². The van der Waals surface area contributed by atoms with Crippen molar-refractivity contribution in [3.8, 4) is 17.1 Å². The molecule has 4 nitrogen and oxygen atoms in total. The molecule has 0 fully saturated rings. The van der Waals surface area contributed by atoms with Crippen LogP contribution in [0.2, 0.25) is 0 Å². The number of thioether (sulfide) groups is 1. The number of benzene rings is 2. The van der Waals surface area contributed by atoms with Crippen molar-refractivity contribution in [3.63, 3.8) is 0 Å². The Kier molecular flexibility index (Phi) is 7.10. The molecule has 1 heterocycles. The molecule has 0 saturated carbocycles. The van der Waals surface area contributed by atoms with Crippen molar-refractivity contribution in [2.24, 2.45) is 0 Å². The number of alkyl halides is 10. The average Bonchev–Trinajstić information content (AvgIpc) is 2.74. The lowest BCUT2D eigenvalue weighted by atomic mass is 10.0. The van der Waals surface area contributed by atoms with Crippen LogP contribution >= 0.6 is 23.4 Å². The second kappa shape index (κ2) is 9.30. The van der Waals surface area contributed by atoms with Crippen LogP contribution in [-0.4, -0.2) is 14.8 Å². The largest absolute Gasteiger partial charge is 0.435 e. The molecule has 3 aromatic rings. The van der Waals surface area contributed by atoms with Crippen molar-refractivity contribution in [1.29, 1.82) is 0 Å². The quantitative estimate of drug-likeness (QED) is 0.221. The summed E-state index contributed by atoms with van der Waals surface area (Å²) in [6.45, 7) is 0. The lowest BCUT2D eigenvalue weighted by molar-refractivity contribution is -0.142. The summed E-state index contributed by atoms with van der Waals surface area (Å²) in [4.78, 5) is 16.6. The maximum absolute atomic E-state index is 13.7. The zero-order chi connectivity index (χ0) is 26.3. The summed E-state index contributed by atoms with van der Waals surface area (Å²) in [7, 11) is 0. The molecule has 1 aromatic heterocycles. The van der Waals surface area contributed by atoms with Crippen molar-refractivity contribution in [1.82, 2.24) is 9.55 Å². The molecule has 0 atom stereocenters. The minimum absolute atomic E-state index is 0.125. The second-order valence-corrected chi connectivity index (χ2v) is 8.47. The molecule has 188 valence electrons. The van der Waals surface area contributed by atoms with E-state index in [2.05, 4.69) is 4.98 Å². The number of anilines is 1. The van der Waals surface area contributed by atoms with Gasteiger partial charge in [0.25, 0.3) is 5.56 Å². The van der Waals surface area contributed by atoms with Gasteiger partial charge in [0.05, 0.1) is 22.0 Å². The highest BCUT2D eigenvalue weighted by Crippen LogP contribution is 2.42. The van der Waals surface area contributed by atoms with Gasteiger partial charge in [-0.3, -0.25) is 9.36 Å². The van der Waals surface area contributed by atoms with E-state index >= 15 is 0 Å². The number of rotatable bonds is 4. The highest BCUT2D eigenvalue weighted by molar-refractivity contribution is 8.00. The van der Waals surface area contributed by atoms with Crippen molar-refractivity contribution >= 4 is 29.1 Å². The molecule has 0 aliphatic heterocycles. The standard InChI is InChI=1S/C20H11ClF9N3OS/c21-8-35-11-4-2-10(3-5-11)33-16(32-15(20(28,29)30)14(31)17(33)34)12-6-1-9(18(22,23)24)7-13(12)19(25,26)27/h1-7H,8,31H2. The highest BCUT2D eigenvalue weighted by atomic mass is 35.5. The Bertz CT molecular complexity index is 1300. The third-order valence-corrected chi connectivity index (χ3v) is 5.64. The molecular weight excluding hydrogens is 537 g/mol. The Balaban J connectivity index is 2.44. The Morgan fingerprint density at radius 2 is 1.49 bits per heavy atom. The van der Waals surface area contributed by atoms with Gasteiger partial charge < -0.3 is 5.73 Å².